The quantitative estimate of drug-likeness (QED) is 0.733. The summed E-state index contributed by atoms with van der Waals surface area (Å²) >= 11 is 0. The zero-order valence-corrected chi connectivity index (χ0v) is 12.5. The Morgan fingerprint density at radius 1 is 1.05 bits per heavy atom. The molecule has 0 aliphatic heterocycles. The third-order valence-corrected chi connectivity index (χ3v) is 3.38. The Morgan fingerprint density at radius 2 is 1.79 bits per heavy atom. The third-order valence-electron chi connectivity index (χ3n) is 3.38. The van der Waals surface area contributed by atoms with Crippen LogP contribution in [-0.4, -0.2) is 47.6 Å². The van der Waals surface area contributed by atoms with Crippen LogP contribution in [0.1, 0.15) is 32.9 Å². The molecule has 5 nitrogen and oxygen atoms in total. The molecule has 1 aromatic rings. The van der Waals surface area contributed by atoms with Crippen molar-refractivity contribution in [3.05, 3.63) is 18.1 Å². The standard InChI is InChI=1S/C14H27N5/c1-4-18(5-2)8-7-9-19(6-3)14-12-16-11-13(10-15)17-14/h11-12H,4-10,15H2,1-3H3. The number of nitrogens with zero attached hydrogens (tertiary/aromatic N) is 4. The van der Waals surface area contributed by atoms with Crippen molar-refractivity contribution < 1.29 is 0 Å². The minimum Gasteiger partial charge on any atom is -0.356 e. The second-order valence-electron chi connectivity index (χ2n) is 4.53. The monoisotopic (exact) mass is 265 g/mol. The summed E-state index contributed by atoms with van der Waals surface area (Å²) in [5, 5.41) is 0. The number of nitrogens with two attached hydrogens (primary N) is 1. The van der Waals surface area contributed by atoms with Crippen molar-refractivity contribution in [3.63, 3.8) is 0 Å². The molecule has 0 aliphatic rings. The Hall–Kier alpha value is -1.20. The Balaban J connectivity index is 2.52. The van der Waals surface area contributed by atoms with Gasteiger partial charge in [0.05, 0.1) is 11.9 Å². The van der Waals surface area contributed by atoms with Crippen LogP contribution in [0.25, 0.3) is 0 Å². The fraction of sp³-hybridized carbons (Fsp3) is 0.714. The van der Waals surface area contributed by atoms with Crippen LogP contribution in [0.2, 0.25) is 0 Å². The summed E-state index contributed by atoms with van der Waals surface area (Å²) in [4.78, 5) is 13.4. The summed E-state index contributed by atoms with van der Waals surface area (Å²) in [6.07, 6.45) is 4.69. The third kappa shape index (κ3) is 5.12. The molecule has 0 saturated heterocycles. The van der Waals surface area contributed by atoms with Gasteiger partial charge in [0, 0.05) is 25.8 Å². The smallest absolute Gasteiger partial charge is 0.147 e. The highest BCUT2D eigenvalue weighted by Crippen LogP contribution is 2.10. The summed E-state index contributed by atoms with van der Waals surface area (Å²) in [6.45, 7) is 12.3. The van der Waals surface area contributed by atoms with E-state index in [1.54, 1.807) is 6.20 Å². The van der Waals surface area contributed by atoms with Gasteiger partial charge in [0.15, 0.2) is 0 Å². The Bertz CT molecular complexity index is 351. The Kier molecular flexibility index (Phi) is 7.36. The van der Waals surface area contributed by atoms with Crippen molar-refractivity contribution in [2.75, 3.05) is 37.6 Å². The molecule has 108 valence electrons. The highest BCUT2D eigenvalue weighted by Gasteiger charge is 2.07. The van der Waals surface area contributed by atoms with E-state index in [0.717, 1.165) is 50.7 Å². The molecule has 0 atom stereocenters. The molecule has 0 aliphatic carbocycles. The van der Waals surface area contributed by atoms with Crippen LogP contribution in [0.3, 0.4) is 0 Å². The van der Waals surface area contributed by atoms with Gasteiger partial charge >= 0.3 is 0 Å². The first-order valence-corrected chi connectivity index (χ1v) is 7.23. The van der Waals surface area contributed by atoms with E-state index < -0.39 is 0 Å². The van der Waals surface area contributed by atoms with Crippen molar-refractivity contribution >= 4 is 5.82 Å². The zero-order chi connectivity index (χ0) is 14.1. The SMILES string of the molecule is CCN(CC)CCCN(CC)c1cncc(CN)n1. The number of aromatic nitrogens is 2. The summed E-state index contributed by atoms with van der Waals surface area (Å²) in [5.41, 5.74) is 6.46. The van der Waals surface area contributed by atoms with Gasteiger partial charge < -0.3 is 15.5 Å². The van der Waals surface area contributed by atoms with Crippen molar-refractivity contribution in [3.8, 4) is 0 Å². The molecular formula is C14H27N5. The van der Waals surface area contributed by atoms with Crippen molar-refractivity contribution in [1.82, 2.24) is 14.9 Å². The van der Waals surface area contributed by atoms with Crippen molar-refractivity contribution in [1.29, 1.82) is 0 Å². The molecule has 0 unspecified atom stereocenters. The minimum absolute atomic E-state index is 0.442. The first-order valence-electron chi connectivity index (χ1n) is 7.23. The summed E-state index contributed by atoms with van der Waals surface area (Å²) in [6, 6.07) is 0. The molecule has 0 amide bonds. The lowest BCUT2D eigenvalue weighted by Gasteiger charge is -2.24. The first-order chi connectivity index (χ1) is 9.24. The molecule has 0 bridgehead atoms. The Labute approximate surface area is 116 Å². The normalized spacial score (nSPS) is 11.0. The predicted molar refractivity (Wildman–Crippen MR) is 80.2 cm³/mol. The van der Waals surface area contributed by atoms with Gasteiger partial charge in [-0.25, -0.2) is 4.98 Å². The van der Waals surface area contributed by atoms with Gasteiger partial charge in [0.1, 0.15) is 5.82 Å². The molecular weight excluding hydrogens is 238 g/mol. The van der Waals surface area contributed by atoms with Gasteiger partial charge in [-0.3, -0.25) is 4.98 Å². The first kappa shape index (κ1) is 15.9. The molecule has 0 fully saturated rings. The van der Waals surface area contributed by atoms with Crippen LogP contribution in [0.5, 0.6) is 0 Å². The number of rotatable bonds is 9. The number of hydrogen-bond acceptors (Lipinski definition) is 5. The van der Waals surface area contributed by atoms with E-state index in [0.29, 0.717) is 6.54 Å². The average molecular weight is 265 g/mol. The maximum absolute atomic E-state index is 5.61. The van der Waals surface area contributed by atoms with Gasteiger partial charge in [0.25, 0.3) is 0 Å². The van der Waals surface area contributed by atoms with Crippen LogP contribution >= 0.6 is 0 Å². The second-order valence-corrected chi connectivity index (χ2v) is 4.53. The van der Waals surface area contributed by atoms with E-state index in [-0.39, 0.29) is 0 Å². The van der Waals surface area contributed by atoms with Gasteiger partial charge in [-0.15, -0.1) is 0 Å². The van der Waals surface area contributed by atoms with E-state index >= 15 is 0 Å². The summed E-state index contributed by atoms with van der Waals surface area (Å²) in [7, 11) is 0. The van der Waals surface area contributed by atoms with Gasteiger partial charge in [-0.1, -0.05) is 13.8 Å². The van der Waals surface area contributed by atoms with Crippen molar-refractivity contribution in [2.45, 2.75) is 33.7 Å². The molecule has 1 heterocycles. The Morgan fingerprint density at radius 3 is 2.37 bits per heavy atom. The maximum atomic E-state index is 5.61. The zero-order valence-electron chi connectivity index (χ0n) is 12.5. The van der Waals surface area contributed by atoms with Crippen LogP contribution in [0, 0.1) is 0 Å². The van der Waals surface area contributed by atoms with E-state index in [1.165, 1.54) is 0 Å². The van der Waals surface area contributed by atoms with E-state index in [4.69, 9.17) is 5.73 Å². The van der Waals surface area contributed by atoms with E-state index in [1.807, 2.05) is 6.20 Å². The lowest BCUT2D eigenvalue weighted by Crippen LogP contribution is -2.30. The second kappa shape index (κ2) is 8.82. The molecule has 2 N–H and O–H groups in total. The predicted octanol–water partition coefficient (Wildman–Crippen LogP) is 1.49. The van der Waals surface area contributed by atoms with Gasteiger partial charge in [-0.05, 0) is 33.0 Å². The molecule has 1 aromatic heterocycles. The molecule has 5 heteroatoms. The van der Waals surface area contributed by atoms with E-state index in [2.05, 4.69) is 40.5 Å². The maximum Gasteiger partial charge on any atom is 0.147 e. The van der Waals surface area contributed by atoms with Gasteiger partial charge in [0.2, 0.25) is 0 Å². The molecule has 1 rings (SSSR count). The fourth-order valence-corrected chi connectivity index (χ4v) is 2.11. The molecule has 0 spiro atoms. The molecule has 19 heavy (non-hydrogen) atoms. The van der Waals surface area contributed by atoms with Crippen molar-refractivity contribution in [2.24, 2.45) is 5.73 Å². The summed E-state index contributed by atoms with van der Waals surface area (Å²) in [5.74, 6) is 0.935. The van der Waals surface area contributed by atoms with Crippen LogP contribution in [0.15, 0.2) is 12.4 Å². The molecule has 0 saturated carbocycles. The average Bonchev–Trinajstić information content (AvgIpc) is 2.47. The lowest BCUT2D eigenvalue weighted by atomic mass is 10.3. The van der Waals surface area contributed by atoms with Crippen LogP contribution in [-0.2, 0) is 6.54 Å². The summed E-state index contributed by atoms with van der Waals surface area (Å²) < 4.78 is 0. The largest absolute Gasteiger partial charge is 0.356 e. The van der Waals surface area contributed by atoms with Crippen LogP contribution < -0.4 is 10.6 Å². The molecule has 0 aromatic carbocycles. The minimum atomic E-state index is 0.442. The number of hydrogen-bond donors (Lipinski definition) is 1. The van der Waals surface area contributed by atoms with E-state index in [9.17, 15) is 0 Å². The topological polar surface area (TPSA) is 58.3 Å². The van der Waals surface area contributed by atoms with Crippen LogP contribution in [0.4, 0.5) is 5.82 Å². The lowest BCUT2D eigenvalue weighted by molar-refractivity contribution is 0.300. The highest BCUT2D eigenvalue weighted by atomic mass is 15.2. The van der Waals surface area contributed by atoms with Gasteiger partial charge in [-0.2, -0.15) is 0 Å². The fourth-order valence-electron chi connectivity index (χ4n) is 2.11. The highest BCUT2D eigenvalue weighted by molar-refractivity contribution is 5.35. The molecule has 0 radical (unpaired) electrons. The number of anilines is 1.